The van der Waals surface area contributed by atoms with Crippen molar-refractivity contribution in [2.45, 2.75) is 19.2 Å². The molecule has 0 saturated carbocycles. The van der Waals surface area contributed by atoms with E-state index in [1.165, 1.54) is 0 Å². The molecule has 25 heavy (non-hydrogen) atoms. The van der Waals surface area contributed by atoms with Crippen LogP contribution in [0.3, 0.4) is 0 Å². The SMILES string of the molecule is CCS(C)(=O)=Nc1c(C)nc2cc(-c3noc(C(F)(F)Cl)n3)ccn12. The summed E-state index contributed by atoms with van der Waals surface area (Å²) >= 11 is 4.87. The van der Waals surface area contributed by atoms with Crippen LogP contribution in [-0.2, 0) is 15.1 Å². The van der Waals surface area contributed by atoms with E-state index in [4.69, 9.17) is 11.6 Å². The Bertz CT molecular complexity index is 1060. The number of rotatable bonds is 4. The lowest BCUT2D eigenvalue weighted by molar-refractivity contribution is 0.0551. The van der Waals surface area contributed by atoms with E-state index in [1.54, 1.807) is 42.8 Å². The molecule has 0 fully saturated rings. The molecule has 0 aliphatic heterocycles. The van der Waals surface area contributed by atoms with E-state index in [-0.39, 0.29) is 5.82 Å². The Hall–Kier alpha value is -2.07. The van der Waals surface area contributed by atoms with Gasteiger partial charge in [-0.2, -0.15) is 18.1 Å². The molecule has 0 aliphatic rings. The molecule has 134 valence electrons. The van der Waals surface area contributed by atoms with Crippen molar-refractivity contribution in [2.75, 3.05) is 12.0 Å². The topological polar surface area (TPSA) is 85.6 Å². The number of hydrogen-bond acceptors (Lipinski definition) is 6. The Morgan fingerprint density at radius 1 is 1.44 bits per heavy atom. The molecule has 0 amide bonds. The highest BCUT2D eigenvalue weighted by Crippen LogP contribution is 2.32. The molecule has 3 aromatic heterocycles. The Balaban J connectivity index is 2.10. The van der Waals surface area contributed by atoms with Gasteiger partial charge in [0.05, 0.1) is 15.4 Å². The van der Waals surface area contributed by atoms with E-state index in [9.17, 15) is 13.0 Å². The van der Waals surface area contributed by atoms with E-state index < -0.39 is 21.0 Å². The number of imidazole rings is 1. The molecule has 0 spiro atoms. The third kappa shape index (κ3) is 3.49. The number of aryl methyl sites for hydroxylation is 1. The normalized spacial score (nSPS) is 14.6. The second-order valence-electron chi connectivity index (χ2n) is 5.42. The van der Waals surface area contributed by atoms with Crippen LogP contribution in [0.2, 0.25) is 0 Å². The molecule has 0 aromatic carbocycles. The van der Waals surface area contributed by atoms with Gasteiger partial charge in [-0.05, 0) is 30.7 Å². The van der Waals surface area contributed by atoms with E-state index in [0.717, 1.165) is 0 Å². The van der Waals surface area contributed by atoms with Gasteiger partial charge in [-0.15, -0.1) is 0 Å². The molecule has 7 nitrogen and oxygen atoms in total. The summed E-state index contributed by atoms with van der Waals surface area (Å²) in [6.07, 6.45) is 3.21. The minimum absolute atomic E-state index is 0.0372. The zero-order chi connectivity index (χ0) is 18.4. The number of pyridine rings is 1. The Morgan fingerprint density at radius 3 is 2.76 bits per heavy atom. The van der Waals surface area contributed by atoms with Crippen LogP contribution < -0.4 is 0 Å². The summed E-state index contributed by atoms with van der Waals surface area (Å²) in [4.78, 5) is 7.95. The largest absolute Gasteiger partial charge is 0.400 e. The summed E-state index contributed by atoms with van der Waals surface area (Å²) in [6.45, 7) is 3.54. The zero-order valence-corrected chi connectivity index (χ0v) is 15.1. The van der Waals surface area contributed by atoms with Gasteiger partial charge in [-0.25, -0.2) is 9.19 Å². The van der Waals surface area contributed by atoms with E-state index >= 15 is 0 Å². The fraction of sp³-hybridized carbons (Fsp3) is 0.357. The van der Waals surface area contributed by atoms with Crippen LogP contribution in [0.4, 0.5) is 14.6 Å². The van der Waals surface area contributed by atoms with Gasteiger partial charge in [0, 0.05) is 23.8 Å². The van der Waals surface area contributed by atoms with Gasteiger partial charge < -0.3 is 4.52 Å². The average Bonchev–Trinajstić information content (AvgIpc) is 3.12. The van der Waals surface area contributed by atoms with Gasteiger partial charge in [0.15, 0.2) is 5.82 Å². The highest BCUT2D eigenvalue weighted by atomic mass is 35.5. The third-order valence-corrected chi connectivity index (χ3v) is 5.30. The summed E-state index contributed by atoms with van der Waals surface area (Å²) in [5.41, 5.74) is 1.51. The summed E-state index contributed by atoms with van der Waals surface area (Å²) in [7, 11) is -2.36. The van der Waals surface area contributed by atoms with Gasteiger partial charge in [-0.3, -0.25) is 4.40 Å². The third-order valence-electron chi connectivity index (χ3n) is 3.51. The Kier molecular flexibility index (Phi) is 4.28. The highest BCUT2D eigenvalue weighted by Gasteiger charge is 2.35. The van der Waals surface area contributed by atoms with Gasteiger partial charge in [-0.1, -0.05) is 12.1 Å². The summed E-state index contributed by atoms with van der Waals surface area (Å²) in [6, 6.07) is 3.19. The predicted octanol–water partition coefficient (Wildman–Crippen LogP) is 3.73. The molecular weight excluding hydrogens is 376 g/mol. The van der Waals surface area contributed by atoms with Crippen molar-refractivity contribution in [1.82, 2.24) is 19.5 Å². The first-order valence-corrected chi connectivity index (χ1v) is 9.67. The molecule has 11 heteroatoms. The highest BCUT2D eigenvalue weighted by molar-refractivity contribution is 7.93. The smallest absolute Gasteiger partial charge is 0.331 e. The lowest BCUT2D eigenvalue weighted by Gasteiger charge is -2.02. The lowest BCUT2D eigenvalue weighted by atomic mass is 10.2. The average molecular weight is 390 g/mol. The van der Waals surface area contributed by atoms with Gasteiger partial charge in [0.25, 0.3) is 0 Å². The van der Waals surface area contributed by atoms with E-state index in [1.807, 2.05) is 0 Å². The monoisotopic (exact) mass is 389 g/mol. The number of aromatic nitrogens is 4. The molecule has 1 atom stereocenters. The first kappa shape index (κ1) is 17.7. The quantitative estimate of drug-likeness (QED) is 0.634. The zero-order valence-electron chi connectivity index (χ0n) is 13.5. The maximum absolute atomic E-state index is 13.0. The lowest BCUT2D eigenvalue weighted by Crippen LogP contribution is -2.03. The fourth-order valence-corrected chi connectivity index (χ4v) is 2.89. The van der Waals surface area contributed by atoms with Crippen molar-refractivity contribution in [3.05, 3.63) is 29.9 Å². The van der Waals surface area contributed by atoms with Crippen molar-refractivity contribution < 1.29 is 17.5 Å². The molecule has 3 heterocycles. The van der Waals surface area contributed by atoms with E-state index in [0.29, 0.717) is 28.5 Å². The summed E-state index contributed by atoms with van der Waals surface area (Å²) in [5.74, 6) is -0.120. The standard InChI is InChI=1S/C14H14ClF2N5O2S/c1-4-25(3,23)21-12-8(2)18-10-7-9(5-6-22(10)12)11-19-13(24-20-11)14(15,16)17/h5-7H,4H2,1-3H3. The number of fused-ring (bicyclic) bond motifs is 1. The van der Waals surface area contributed by atoms with Crippen molar-refractivity contribution in [3.8, 4) is 11.4 Å². The molecule has 0 radical (unpaired) electrons. The van der Waals surface area contributed by atoms with Gasteiger partial charge >= 0.3 is 11.3 Å². The Labute approximate surface area is 147 Å². The fourth-order valence-electron chi connectivity index (χ4n) is 2.10. The van der Waals surface area contributed by atoms with Crippen molar-refractivity contribution >= 4 is 32.8 Å². The van der Waals surface area contributed by atoms with Crippen LogP contribution in [0.25, 0.3) is 17.0 Å². The van der Waals surface area contributed by atoms with Crippen LogP contribution in [0.5, 0.6) is 0 Å². The van der Waals surface area contributed by atoms with Gasteiger partial charge in [0.1, 0.15) is 5.65 Å². The molecular formula is C14H14ClF2N5O2S. The molecule has 1 unspecified atom stereocenters. The van der Waals surface area contributed by atoms with Crippen LogP contribution >= 0.6 is 11.6 Å². The second kappa shape index (κ2) is 6.03. The molecule has 0 bridgehead atoms. The van der Waals surface area contributed by atoms with Crippen molar-refractivity contribution in [2.24, 2.45) is 4.36 Å². The molecule has 0 aliphatic carbocycles. The van der Waals surface area contributed by atoms with Crippen molar-refractivity contribution in [3.63, 3.8) is 0 Å². The molecule has 3 rings (SSSR count). The number of halogens is 3. The first-order valence-electron chi connectivity index (χ1n) is 7.20. The second-order valence-corrected chi connectivity index (χ2v) is 8.58. The van der Waals surface area contributed by atoms with Gasteiger partial charge in [0.2, 0.25) is 5.82 Å². The van der Waals surface area contributed by atoms with Crippen LogP contribution in [-0.4, -0.2) is 35.7 Å². The van der Waals surface area contributed by atoms with Crippen LogP contribution in [0, 0.1) is 6.92 Å². The number of hydrogen-bond donors (Lipinski definition) is 0. The van der Waals surface area contributed by atoms with Crippen LogP contribution in [0.15, 0.2) is 27.2 Å². The van der Waals surface area contributed by atoms with Crippen molar-refractivity contribution in [1.29, 1.82) is 0 Å². The molecule has 0 saturated heterocycles. The first-order chi connectivity index (χ1) is 11.6. The molecule has 3 aromatic rings. The Morgan fingerprint density at radius 2 is 2.16 bits per heavy atom. The predicted molar refractivity (Wildman–Crippen MR) is 89.7 cm³/mol. The number of alkyl halides is 3. The maximum atomic E-state index is 13.0. The number of nitrogens with zero attached hydrogens (tertiary/aromatic N) is 5. The maximum Gasteiger partial charge on any atom is 0.400 e. The minimum Gasteiger partial charge on any atom is -0.331 e. The van der Waals surface area contributed by atoms with Crippen LogP contribution in [0.1, 0.15) is 18.5 Å². The minimum atomic E-state index is -3.73. The molecule has 0 N–H and O–H groups in total. The van der Waals surface area contributed by atoms with E-state index in [2.05, 4.69) is 24.0 Å². The summed E-state index contributed by atoms with van der Waals surface area (Å²) in [5, 5.41) is -0.225. The summed E-state index contributed by atoms with van der Waals surface area (Å²) < 4.78 is 48.7.